The zero-order valence-electron chi connectivity index (χ0n) is 18.4. The van der Waals surface area contributed by atoms with Gasteiger partial charge < -0.3 is 19.6 Å². The van der Waals surface area contributed by atoms with Crippen LogP contribution in [0.15, 0.2) is 18.3 Å². The largest absolute Gasteiger partial charge is 0.472 e. The second-order valence-corrected chi connectivity index (χ2v) is 8.45. The molecule has 1 aliphatic heterocycles. The fourth-order valence-corrected chi connectivity index (χ4v) is 4.07. The predicted molar refractivity (Wildman–Crippen MR) is 115 cm³/mol. The van der Waals surface area contributed by atoms with Crippen LogP contribution < -0.4 is 4.74 Å². The summed E-state index contributed by atoms with van der Waals surface area (Å²) in [4.78, 5) is 33.4. The highest BCUT2D eigenvalue weighted by Gasteiger charge is 2.34. The third-order valence-electron chi connectivity index (χ3n) is 6.11. The van der Waals surface area contributed by atoms with Crippen LogP contribution in [0.1, 0.15) is 62.4 Å². The molecule has 3 atom stereocenters. The van der Waals surface area contributed by atoms with Gasteiger partial charge >= 0.3 is 0 Å². The van der Waals surface area contributed by atoms with E-state index in [1.54, 1.807) is 23.0 Å². The first-order valence-electron chi connectivity index (χ1n) is 10.9. The average molecular weight is 416 g/mol. The molecule has 0 bridgehead atoms. The predicted octanol–water partition coefficient (Wildman–Crippen LogP) is 2.74. The van der Waals surface area contributed by atoms with E-state index in [1.807, 2.05) is 26.8 Å². The van der Waals surface area contributed by atoms with Crippen LogP contribution in [-0.2, 0) is 4.79 Å². The zero-order chi connectivity index (χ0) is 21.8. The molecular formula is C23H33N3O4. The quantitative estimate of drug-likeness (QED) is 0.772. The van der Waals surface area contributed by atoms with Crippen molar-refractivity contribution < 1.29 is 19.4 Å². The van der Waals surface area contributed by atoms with E-state index >= 15 is 0 Å². The van der Waals surface area contributed by atoms with Crippen molar-refractivity contribution in [1.29, 1.82) is 0 Å². The summed E-state index contributed by atoms with van der Waals surface area (Å²) in [6.45, 7) is 6.41. The summed E-state index contributed by atoms with van der Waals surface area (Å²) in [7, 11) is 1.77. The molecule has 0 aromatic carbocycles. The Balaban J connectivity index is 1.99. The molecule has 0 radical (unpaired) electrons. The van der Waals surface area contributed by atoms with E-state index in [4.69, 9.17) is 4.74 Å². The lowest BCUT2D eigenvalue weighted by atomic mass is 9.99. The van der Waals surface area contributed by atoms with Crippen molar-refractivity contribution in [2.45, 2.75) is 58.6 Å². The molecule has 0 spiro atoms. The molecule has 1 aliphatic carbocycles. The van der Waals surface area contributed by atoms with Crippen LogP contribution in [0, 0.1) is 5.92 Å². The van der Waals surface area contributed by atoms with Gasteiger partial charge in [0.15, 0.2) is 0 Å². The molecule has 7 heteroatoms. The Morgan fingerprint density at radius 3 is 2.87 bits per heavy atom. The Kier molecular flexibility index (Phi) is 7.13. The third-order valence-corrected chi connectivity index (χ3v) is 6.11. The number of ether oxygens (including phenoxy) is 1. The smallest absolute Gasteiger partial charge is 0.259 e. The number of amides is 2. The maximum Gasteiger partial charge on any atom is 0.259 e. The molecule has 1 N–H and O–H groups in total. The number of likely N-dealkylation sites (N-methyl/N-ethyl adjacent to an activating group) is 1. The Morgan fingerprint density at radius 1 is 1.47 bits per heavy atom. The van der Waals surface area contributed by atoms with Crippen LogP contribution in [0.5, 0.6) is 5.88 Å². The number of aliphatic hydroxyl groups excluding tert-OH is 1. The van der Waals surface area contributed by atoms with Crippen LogP contribution in [0.3, 0.4) is 0 Å². The minimum absolute atomic E-state index is 0.0396. The van der Waals surface area contributed by atoms with Gasteiger partial charge in [-0.05, 0) is 43.4 Å². The summed E-state index contributed by atoms with van der Waals surface area (Å²) in [5.41, 5.74) is 2.57. The van der Waals surface area contributed by atoms with E-state index in [9.17, 15) is 14.7 Å². The molecule has 2 heterocycles. The maximum atomic E-state index is 13.4. The number of carbonyl (C=O) groups is 2. The number of hydrogen-bond donors (Lipinski definition) is 1. The molecule has 7 nitrogen and oxygen atoms in total. The molecule has 2 aliphatic rings. The lowest BCUT2D eigenvalue weighted by Crippen LogP contribution is -2.50. The molecular weight excluding hydrogens is 382 g/mol. The van der Waals surface area contributed by atoms with E-state index in [1.165, 1.54) is 5.57 Å². The highest BCUT2D eigenvalue weighted by Crippen LogP contribution is 2.32. The van der Waals surface area contributed by atoms with Crippen molar-refractivity contribution in [3.05, 3.63) is 29.5 Å². The van der Waals surface area contributed by atoms with Crippen LogP contribution in [0.25, 0.3) is 5.57 Å². The molecule has 1 aromatic heterocycles. The van der Waals surface area contributed by atoms with Gasteiger partial charge in [0.2, 0.25) is 11.8 Å². The minimum Gasteiger partial charge on any atom is -0.472 e. The van der Waals surface area contributed by atoms with Crippen molar-refractivity contribution in [3.8, 4) is 5.88 Å². The highest BCUT2D eigenvalue weighted by atomic mass is 16.5. The number of fused-ring (bicyclic) bond motifs is 1. The second kappa shape index (κ2) is 9.60. The van der Waals surface area contributed by atoms with Gasteiger partial charge in [-0.25, -0.2) is 4.98 Å². The lowest BCUT2D eigenvalue weighted by Gasteiger charge is -2.37. The standard InChI is InChI=1S/C23H33N3O4/c1-5-21(28)25(4)13-20-15(2)12-26(16(3)14-27)23(29)19-10-18(11-24-22(19)30-20)17-8-6-7-9-17/h8,10-11,15-16,20,27H,5-7,9,12-14H2,1-4H3/t15-,16+,20-/m1/s1. The summed E-state index contributed by atoms with van der Waals surface area (Å²) in [5.74, 6) is 0.123. The van der Waals surface area contributed by atoms with E-state index in [0.717, 1.165) is 24.8 Å². The Bertz CT molecular complexity index is 823. The topological polar surface area (TPSA) is 83.0 Å². The first-order chi connectivity index (χ1) is 14.3. The van der Waals surface area contributed by atoms with Gasteiger partial charge in [-0.1, -0.05) is 19.9 Å². The summed E-state index contributed by atoms with van der Waals surface area (Å²) >= 11 is 0. The number of aliphatic hydroxyl groups is 1. The molecule has 30 heavy (non-hydrogen) atoms. The number of allylic oxidation sites excluding steroid dienone is 2. The average Bonchev–Trinajstić information content (AvgIpc) is 3.29. The van der Waals surface area contributed by atoms with Gasteiger partial charge in [0.25, 0.3) is 5.91 Å². The summed E-state index contributed by atoms with van der Waals surface area (Å²) < 4.78 is 6.23. The number of carbonyl (C=O) groups excluding carboxylic acids is 2. The molecule has 0 saturated carbocycles. The monoisotopic (exact) mass is 415 g/mol. The normalized spacial score (nSPS) is 22.5. The fourth-order valence-electron chi connectivity index (χ4n) is 4.07. The SMILES string of the molecule is CCC(=O)N(C)C[C@H]1Oc2ncc(C3=CCCC3)cc2C(=O)N([C@@H](C)CO)C[C@H]1C. The summed E-state index contributed by atoms with van der Waals surface area (Å²) in [6, 6.07) is 1.54. The number of pyridine rings is 1. The van der Waals surface area contributed by atoms with Gasteiger partial charge in [0.1, 0.15) is 11.7 Å². The minimum atomic E-state index is -0.323. The van der Waals surface area contributed by atoms with Crippen LogP contribution >= 0.6 is 0 Å². The molecule has 0 saturated heterocycles. The molecule has 2 amide bonds. The molecule has 1 aromatic rings. The number of aromatic nitrogens is 1. The molecule has 3 rings (SSSR count). The first-order valence-corrected chi connectivity index (χ1v) is 10.9. The van der Waals surface area contributed by atoms with E-state index in [2.05, 4.69) is 11.1 Å². The van der Waals surface area contributed by atoms with Crippen molar-refractivity contribution in [1.82, 2.24) is 14.8 Å². The van der Waals surface area contributed by atoms with Crippen LogP contribution in [0.4, 0.5) is 0 Å². The van der Waals surface area contributed by atoms with Crippen molar-refractivity contribution in [2.24, 2.45) is 5.92 Å². The summed E-state index contributed by atoms with van der Waals surface area (Å²) in [5, 5.41) is 9.74. The second-order valence-electron chi connectivity index (χ2n) is 8.45. The van der Waals surface area contributed by atoms with E-state index in [0.29, 0.717) is 31.0 Å². The van der Waals surface area contributed by atoms with E-state index in [-0.39, 0.29) is 36.5 Å². The Morgan fingerprint density at radius 2 is 2.23 bits per heavy atom. The fraction of sp³-hybridized carbons (Fsp3) is 0.609. The molecule has 164 valence electrons. The van der Waals surface area contributed by atoms with Gasteiger partial charge in [-0.2, -0.15) is 0 Å². The van der Waals surface area contributed by atoms with E-state index < -0.39 is 0 Å². The zero-order valence-corrected chi connectivity index (χ0v) is 18.4. The summed E-state index contributed by atoms with van der Waals surface area (Å²) in [6.07, 6.45) is 7.22. The van der Waals surface area contributed by atoms with Crippen molar-refractivity contribution in [3.63, 3.8) is 0 Å². The Labute approximate surface area is 178 Å². The lowest BCUT2D eigenvalue weighted by molar-refractivity contribution is -0.131. The van der Waals surface area contributed by atoms with Gasteiger partial charge in [0.05, 0.1) is 19.2 Å². The maximum absolute atomic E-state index is 13.4. The van der Waals surface area contributed by atoms with Crippen molar-refractivity contribution >= 4 is 17.4 Å². The Hall–Kier alpha value is -2.41. The third kappa shape index (κ3) is 4.67. The number of hydrogen-bond acceptors (Lipinski definition) is 5. The van der Waals surface area contributed by atoms with Crippen molar-refractivity contribution in [2.75, 3.05) is 26.7 Å². The van der Waals surface area contributed by atoms with Gasteiger partial charge in [0, 0.05) is 32.1 Å². The first kappa shape index (κ1) is 22.3. The highest BCUT2D eigenvalue weighted by molar-refractivity contribution is 5.97. The molecule has 0 unspecified atom stereocenters. The number of nitrogens with zero attached hydrogens (tertiary/aromatic N) is 3. The van der Waals surface area contributed by atoms with Crippen LogP contribution in [0.2, 0.25) is 0 Å². The van der Waals surface area contributed by atoms with Crippen LogP contribution in [-0.4, -0.2) is 70.6 Å². The van der Waals surface area contributed by atoms with Gasteiger partial charge in [-0.3, -0.25) is 9.59 Å². The molecule has 0 fully saturated rings. The number of rotatable bonds is 6. The van der Waals surface area contributed by atoms with Gasteiger partial charge in [-0.15, -0.1) is 0 Å².